The number of rotatable bonds is 6. The molecule has 7 heteroatoms. The molecule has 21 heavy (non-hydrogen) atoms. The molecule has 3 rings (SSSR count). The first-order valence-corrected chi connectivity index (χ1v) is 7.63. The van der Waals surface area contributed by atoms with Crippen LogP contribution in [0.1, 0.15) is 50.8 Å². The molecule has 0 spiro atoms. The fourth-order valence-electron chi connectivity index (χ4n) is 3.56. The molecule has 0 aromatic carbocycles. The van der Waals surface area contributed by atoms with Gasteiger partial charge in [0.2, 0.25) is 0 Å². The Morgan fingerprint density at radius 1 is 1.29 bits per heavy atom. The largest absolute Gasteiger partial charge is 0.481 e. The van der Waals surface area contributed by atoms with Crippen molar-refractivity contribution in [1.82, 2.24) is 20.2 Å². The maximum atomic E-state index is 11.7. The molecular formula is C14H22N4O3. The van der Waals surface area contributed by atoms with Gasteiger partial charge in [0.25, 0.3) is 0 Å². The van der Waals surface area contributed by atoms with Gasteiger partial charge in [0.1, 0.15) is 0 Å². The highest BCUT2D eigenvalue weighted by Crippen LogP contribution is 2.41. The molecule has 1 aromatic heterocycles. The number of carboxylic acid groups (broad SMARTS) is 1. The van der Waals surface area contributed by atoms with Crippen LogP contribution in [-0.4, -0.2) is 44.0 Å². The van der Waals surface area contributed by atoms with Gasteiger partial charge in [-0.05, 0) is 42.5 Å². The number of tetrazole rings is 1. The molecule has 2 aliphatic rings. The van der Waals surface area contributed by atoms with Crippen LogP contribution in [0.2, 0.25) is 0 Å². The minimum atomic E-state index is -0.730. The first-order chi connectivity index (χ1) is 10.1. The van der Waals surface area contributed by atoms with E-state index < -0.39 is 11.4 Å². The van der Waals surface area contributed by atoms with E-state index in [1.54, 1.807) is 11.8 Å². The molecule has 1 aromatic rings. The average Bonchev–Trinajstić information content (AvgIpc) is 3.05. The Kier molecular flexibility index (Phi) is 3.69. The third-order valence-corrected chi connectivity index (χ3v) is 5.25. The third kappa shape index (κ3) is 2.54. The smallest absolute Gasteiger partial charge is 0.311 e. The predicted octanol–water partition coefficient (Wildman–Crippen LogP) is 1.43. The van der Waals surface area contributed by atoms with Crippen LogP contribution in [0.5, 0.6) is 0 Å². The van der Waals surface area contributed by atoms with Gasteiger partial charge in [0, 0.05) is 13.5 Å². The van der Waals surface area contributed by atoms with Crippen LogP contribution in [0.3, 0.4) is 0 Å². The second-order valence-electron chi connectivity index (χ2n) is 6.46. The quantitative estimate of drug-likeness (QED) is 0.853. The van der Waals surface area contributed by atoms with Crippen molar-refractivity contribution in [3.05, 3.63) is 5.82 Å². The van der Waals surface area contributed by atoms with Gasteiger partial charge in [-0.1, -0.05) is 12.8 Å². The van der Waals surface area contributed by atoms with Crippen LogP contribution < -0.4 is 0 Å². The SMILES string of the molecule is COC1(Cc2nnnn2CC2(C(=O)O)CCCC2)CCC1. The molecule has 2 aliphatic carbocycles. The number of hydrogen-bond acceptors (Lipinski definition) is 5. The minimum Gasteiger partial charge on any atom is -0.481 e. The number of carbonyl (C=O) groups is 1. The monoisotopic (exact) mass is 294 g/mol. The van der Waals surface area contributed by atoms with Gasteiger partial charge in [-0.2, -0.15) is 0 Å². The van der Waals surface area contributed by atoms with E-state index in [4.69, 9.17) is 4.74 Å². The van der Waals surface area contributed by atoms with Gasteiger partial charge in [-0.15, -0.1) is 5.10 Å². The van der Waals surface area contributed by atoms with Gasteiger partial charge >= 0.3 is 5.97 Å². The summed E-state index contributed by atoms with van der Waals surface area (Å²) in [5.41, 5.74) is -0.859. The van der Waals surface area contributed by atoms with Crippen molar-refractivity contribution in [3.63, 3.8) is 0 Å². The Labute approximate surface area is 123 Å². The maximum absolute atomic E-state index is 11.7. The van der Waals surface area contributed by atoms with Crippen molar-refractivity contribution in [1.29, 1.82) is 0 Å². The molecule has 0 aliphatic heterocycles. The topological polar surface area (TPSA) is 90.1 Å². The fraction of sp³-hybridized carbons (Fsp3) is 0.857. The van der Waals surface area contributed by atoms with Crippen LogP contribution in [0.4, 0.5) is 0 Å². The fourth-order valence-corrected chi connectivity index (χ4v) is 3.56. The van der Waals surface area contributed by atoms with E-state index in [0.717, 1.165) is 37.9 Å². The Hall–Kier alpha value is -1.50. The van der Waals surface area contributed by atoms with E-state index in [-0.39, 0.29) is 5.60 Å². The highest BCUT2D eigenvalue weighted by Gasteiger charge is 2.44. The molecule has 0 radical (unpaired) electrons. The van der Waals surface area contributed by atoms with Crippen LogP contribution in [-0.2, 0) is 22.5 Å². The summed E-state index contributed by atoms with van der Waals surface area (Å²) < 4.78 is 7.30. The lowest BCUT2D eigenvalue weighted by Crippen LogP contribution is -2.42. The van der Waals surface area contributed by atoms with E-state index in [0.29, 0.717) is 25.8 Å². The summed E-state index contributed by atoms with van der Waals surface area (Å²) in [5.74, 6) is 0.00984. The molecule has 2 saturated carbocycles. The number of hydrogen-bond donors (Lipinski definition) is 1. The molecule has 0 atom stereocenters. The number of ether oxygens (including phenoxy) is 1. The van der Waals surface area contributed by atoms with Gasteiger partial charge in [-0.25, -0.2) is 4.68 Å². The van der Waals surface area contributed by atoms with E-state index in [1.165, 1.54) is 0 Å². The van der Waals surface area contributed by atoms with Crippen molar-refractivity contribution >= 4 is 5.97 Å². The molecule has 0 amide bonds. The average molecular weight is 294 g/mol. The highest BCUT2D eigenvalue weighted by atomic mass is 16.5. The lowest BCUT2D eigenvalue weighted by molar-refractivity contribution is -0.149. The van der Waals surface area contributed by atoms with E-state index >= 15 is 0 Å². The minimum absolute atomic E-state index is 0.154. The molecule has 0 unspecified atom stereocenters. The summed E-state index contributed by atoms with van der Waals surface area (Å²) in [6.07, 6.45) is 7.19. The van der Waals surface area contributed by atoms with Gasteiger partial charge < -0.3 is 9.84 Å². The second kappa shape index (κ2) is 5.36. The lowest BCUT2D eigenvalue weighted by atomic mass is 9.77. The molecule has 2 fully saturated rings. The number of aliphatic carboxylic acids is 1. The molecule has 0 bridgehead atoms. The zero-order chi connectivity index (χ0) is 14.9. The standard InChI is InChI=1S/C14H22N4O3/c1-21-14(7-4-8-14)9-11-15-16-17-18(11)10-13(12(19)20)5-2-3-6-13/h2-10H2,1H3,(H,19,20). The van der Waals surface area contributed by atoms with E-state index in [2.05, 4.69) is 15.5 Å². The Bertz CT molecular complexity index is 513. The second-order valence-corrected chi connectivity index (χ2v) is 6.46. The summed E-state index contributed by atoms with van der Waals surface area (Å²) in [7, 11) is 1.73. The highest BCUT2D eigenvalue weighted by molar-refractivity contribution is 5.74. The molecule has 1 N–H and O–H groups in total. The van der Waals surface area contributed by atoms with Crippen molar-refractivity contribution in [2.45, 2.75) is 63.5 Å². The molecular weight excluding hydrogens is 272 g/mol. The number of carboxylic acids is 1. The molecule has 0 saturated heterocycles. The summed E-state index contributed by atoms with van der Waals surface area (Å²) in [6, 6.07) is 0. The van der Waals surface area contributed by atoms with E-state index in [9.17, 15) is 9.90 Å². The third-order valence-electron chi connectivity index (χ3n) is 5.25. The zero-order valence-corrected chi connectivity index (χ0v) is 12.4. The summed E-state index contributed by atoms with van der Waals surface area (Å²) >= 11 is 0. The Morgan fingerprint density at radius 3 is 2.52 bits per heavy atom. The van der Waals surface area contributed by atoms with Gasteiger partial charge in [0.15, 0.2) is 5.82 Å². The normalized spacial score (nSPS) is 22.9. The number of aromatic nitrogens is 4. The van der Waals surface area contributed by atoms with Crippen LogP contribution in [0.15, 0.2) is 0 Å². The summed E-state index contributed by atoms with van der Waals surface area (Å²) in [6.45, 7) is 0.366. The van der Waals surface area contributed by atoms with Crippen LogP contribution in [0.25, 0.3) is 0 Å². The summed E-state index contributed by atoms with van der Waals surface area (Å²) in [5, 5.41) is 21.4. The first-order valence-electron chi connectivity index (χ1n) is 7.63. The number of nitrogens with zero attached hydrogens (tertiary/aromatic N) is 4. The zero-order valence-electron chi connectivity index (χ0n) is 12.4. The number of methoxy groups -OCH3 is 1. The van der Waals surface area contributed by atoms with Crippen molar-refractivity contribution in [2.75, 3.05) is 7.11 Å². The van der Waals surface area contributed by atoms with E-state index in [1.807, 2.05) is 0 Å². The molecule has 7 nitrogen and oxygen atoms in total. The Morgan fingerprint density at radius 2 is 2.00 bits per heavy atom. The molecule has 116 valence electrons. The van der Waals surface area contributed by atoms with Crippen molar-refractivity contribution in [2.24, 2.45) is 5.41 Å². The lowest BCUT2D eigenvalue weighted by Gasteiger charge is -2.40. The maximum Gasteiger partial charge on any atom is 0.311 e. The first kappa shape index (κ1) is 14.4. The Balaban J connectivity index is 1.77. The van der Waals surface area contributed by atoms with Gasteiger partial charge in [0.05, 0.1) is 17.6 Å². The van der Waals surface area contributed by atoms with Crippen LogP contribution >= 0.6 is 0 Å². The van der Waals surface area contributed by atoms with Gasteiger partial charge in [-0.3, -0.25) is 4.79 Å². The predicted molar refractivity (Wildman–Crippen MR) is 73.6 cm³/mol. The van der Waals surface area contributed by atoms with Crippen molar-refractivity contribution in [3.8, 4) is 0 Å². The summed E-state index contributed by atoms with van der Waals surface area (Å²) in [4.78, 5) is 11.7. The van der Waals surface area contributed by atoms with Crippen LogP contribution in [0, 0.1) is 5.41 Å². The molecule has 1 heterocycles. The van der Waals surface area contributed by atoms with Crippen molar-refractivity contribution < 1.29 is 14.6 Å².